The summed E-state index contributed by atoms with van der Waals surface area (Å²) in [5, 5.41) is 7.25. The molecule has 6 aromatic rings. The van der Waals surface area contributed by atoms with Crippen molar-refractivity contribution < 1.29 is 9.59 Å². The Hall–Kier alpha value is -6.53. The lowest BCUT2D eigenvalue weighted by Gasteiger charge is -2.27. The highest BCUT2D eigenvalue weighted by atomic mass is 16.2. The van der Waals surface area contributed by atoms with Crippen LogP contribution in [0.1, 0.15) is 38.7 Å². The number of amides is 2. The van der Waals surface area contributed by atoms with Crippen LogP contribution < -0.4 is 16.4 Å². The number of aromatic nitrogens is 3. The van der Waals surface area contributed by atoms with Gasteiger partial charge in [0, 0.05) is 46.2 Å². The predicted molar refractivity (Wildman–Crippen MR) is 178 cm³/mol. The number of benzene rings is 4. The molecule has 2 amide bonds. The molecule has 0 saturated carbocycles. The average Bonchev–Trinajstić information content (AvgIpc) is 3.40. The predicted octanol–water partition coefficient (Wildman–Crippen LogP) is 6.09. The monoisotopic (exact) mass is 601 g/mol. The number of nitrogens with one attached hydrogen (secondary N) is 2. The Morgan fingerprint density at radius 3 is 2.35 bits per heavy atom. The number of nitrogens with zero attached hydrogens (tertiary/aromatic N) is 4. The standard InChI is InChI=1S/C37H27N7O2/c38-33-19-13-25(21-39-33)11-10-24-12-18-30-27(20-24)22-44(37(30)46)34(26-6-2-1-3-7-26)36(45)43-29-16-14-28(15-17-29)42-35-31-8-4-5-9-32(31)40-23-41-35/h1-9,12-21,23,34H,22H2,(H2,38,39)(H,43,45)(H,40,41,42). The summed E-state index contributed by atoms with van der Waals surface area (Å²) in [6.45, 7) is 0.274. The Balaban J connectivity index is 1.10. The fraction of sp³-hybridized carbons (Fsp3) is 0.0541. The van der Waals surface area contributed by atoms with Crippen LogP contribution in [-0.4, -0.2) is 31.7 Å². The number of pyridine rings is 1. The summed E-state index contributed by atoms with van der Waals surface area (Å²) in [5.41, 5.74) is 11.5. The topological polar surface area (TPSA) is 126 Å². The molecule has 0 fully saturated rings. The van der Waals surface area contributed by atoms with E-state index >= 15 is 0 Å². The number of nitrogen functional groups attached to an aromatic ring is 1. The van der Waals surface area contributed by atoms with Crippen molar-refractivity contribution in [2.45, 2.75) is 12.6 Å². The lowest BCUT2D eigenvalue weighted by atomic mass is 10.0. The first kappa shape index (κ1) is 28.3. The Kier molecular flexibility index (Phi) is 7.51. The maximum Gasteiger partial charge on any atom is 0.255 e. The molecule has 46 heavy (non-hydrogen) atoms. The van der Waals surface area contributed by atoms with E-state index in [0.717, 1.165) is 33.3 Å². The van der Waals surface area contributed by atoms with Crippen LogP contribution in [-0.2, 0) is 11.3 Å². The molecular formula is C37H27N7O2. The molecule has 9 heteroatoms. The molecule has 4 aromatic carbocycles. The highest BCUT2D eigenvalue weighted by Gasteiger charge is 2.37. The number of hydrogen-bond acceptors (Lipinski definition) is 7. The van der Waals surface area contributed by atoms with Gasteiger partial charge in [0.1, 0.15) is 24.0 Å². The summed E-state index contributed by atoms with van der Waals surface area (Å²) in [6, 6.07) is 32.6. The lowest BCUT2D eigenvalue weighted by Crippen LogP contribution is -2.37. The molecule has 0 spiro atoms. The fourth-order valence-corrected chi connectivity index (χ4v) is 5.45. The van der Waals surface area contributed by atoms with Crippen LogP contribution >= 0.6 is 0 Å². The van der Waals surface area contributed by atoms with Crippen molar-refractivity contribution in [1.82, 2.24) is 19.9 Å². The van der Waals surface area contributed by atoms with Gasteiger partial charge in [0.05, 0.1) is 5.52 Å². The summed E-state index contributed by atoms with van der Waals surface area (Å²) in [5.74, 6) is 6.81. The number of nitrogens with two attached hydrogens (primary N) is 1. The number of rotatable bonds is 6. The third kappa shape index (κ3) is 5.83. The molecule has 0 saturated heterocycles. The number of carbonyl (C=O) groups is 2. The van der Waals surface area contributed by atoms with E-state index in [4.69, 9.17) is 5.73 Å². The average molecular weight is 602 g/mol. The summed E-state index contributed by atoms with van der Waals surface area (Å²) in [7, 11) is 0. The van der Waals surface area contributed by atoms with E-state index in [9.17, 15) is 9.59 Å². The summed E-state index contributed by atoms with van der Waals surface area (Å²) in [6.07, 6.45) is 3.14. The number of fused-ring (bicyclic) bond motifs is 2. The molecule has 1 aliphatic heterocycles. The van der Waals surface area contributed by atoms with Crippen molar-refractivity contribution in [2.75, 3.05) is 16.4 Å². The van der Waals surface area contributed by atoms with E-state index in [1.54, 1.807) is 29.3 Å². The second-order valence-corrected chi connectivity index (χ2v) is 10.8. The van der Waals surface area contributed by atoms with Gasteiger partial charge in [-0.3, -0.25) is 9.59 Å². The molecule has 2 aromatic heterocycles. The SMILES string of the molecule is Nc1ccc(C#Cc2ccc3c(c2)CN(C(C(=O)Nc2ccc(Nc4ncnc5ccccc45)cc2)c2ccccc2)C3=O)cn1. The van der Waals surface area contributed by atoms with E-state index < -0.39 is 6.04 Å². The molecule has 9 nitrogen and oxygen atoms in total. The highest BCUT2D eigenvalue weighted by Crippen LogP contribution is 2.33. The van der Waals surface area contributed by atoms with E-state index in [-0.39, 0.29) is 18.4 Å². The smallest absolute Gasteiger partial charge is 0.255 e. The van der Waals surface area contributed by atoms with Gasteiger partial charge in [-0.05, 0) is 77.9 Å². The van der Waals surface area contributed by atoms with E-state index in [1.807, 2.05) is 91.0 Å². The van der Waals surface area contributed by atoms with Gasteiger partial charge < -0.3 is 21.3 Å². The van der Waals surface area contributed by atoms with Gasteiger partial charge in [-0.2, -0.15) is 0 Å². The van der Waals surface area contributed by atoms with Gasteiger partial charge in [-0.15, -0.1) is 0 Å². The van der Waals surface area contributed by atoms with E-state index in [1.165, 1.54) is 6.33 Å². The number of para-hydroxylation sites is 1. The van der Waals surface area contributed by atoms with E-state index in [0.29, 0.717) is 28.5 Å². The minimum absolute atomic E-state index is 0.210. The lowest BCUT2D eigenvalue weighted by molar-refractivity contribution is -0.120. The molecule has 1 atom stereocenters. The molecular weight excluding hydrogens is 574 g/mol. The molecule has 1 unspecified atom stereocenters. The van der Waals surface area contributed by atoms with Gasteiger partial charge in [-0.1, -0.05) is 54.3 Å². The normalized spacial score (nSPS) is 12.6. The number of hydrogen-bond donors (Lipinski definition) is 3. The molecule has 0 aliphatic carbocycles. The second kappa shape index (κ2) is 12.2. The van der Waals surface area contributed by atoms with Crippen LogP contribution in [0.15, 0.2) is 122 Å². The first-order chi connectivity index (χ1) is 22.5. The molecule has 1 aliphatic rings. The number of carbonyl (C=O) groups excluding carboxylic acids is 2. The van der Waals surface area contributed by atoms with Gasteiger partial charge >= 0.3 is 0 Å². The maximum absolute atomic E-state index is 13.9. The van der Waals surface area contributed by atoms with Crippen molar-refractivity contribution in [1.29, 1.82) is 0 Å². The molecule has 7 rings (SSSR count). The first-order valence-electron chi connectivity index (χ1n) is 14.6. The third-order valence-electron chi connectivity index (χ3n) is 7.71. The van der Waals surface area contributed by atoms with Crippen molar-refractivity contribution in [3.63, 3.8) is 0 Å². The second-order valence-electron chi connectivity index (χ2n) is 10.8. The van der Waals surface area contributed by atoms with E-state index in [2.05, 4.69) is 37.4 Å². The molecule has 4 N–H and O–H groups in total. The highest BCUT2D eigenvalue weighted by molar-refractivity contribution is 6.04. The molecule has 3 heterocycles. The minimum atomic E-state index is -0.846. The Labute approximate surface area is 265 Å². The van der Waals surface area contributed by atoms with Gasteiger partial charge in [0.2, 0.25) is 0 Å². The Morgan fingerprint density at radius 1 is 0.804 bits per heavy atom. The molecule has 0 bridgehead atoms. The summed E-state index contributed by atoms with van der Waals surface area (Å²) in [4.78, 5) is 41.9. The van der Waals surface area contributed by atoms with Crippen LogP contribution in [0.4, 0.5) is 23.0 Å². The van der Waals surface area contributed by atoms with Gasteiger partial charge in [0.25, 0.3) is 11.8 Å². The molecule has 0 radical (unpaired) electrons. The van der Waals surface area contributed by atoms with Gasteiger partial charge in [0.15, 0.2) is 0 Å². The molecule has 222 valence electrons. The van der Waals surface area contributed by atoms with Crippen LogP contribution in [0, 0.1) is 11.8 Å². The van der Waals surface area contributed by atoms with Crippen molar-refractivity contribution in [3.8, 4) is 11.8 Å². The van der Waals surface area contributed by atoms with Crippen LogP contribution in [0.5, 0.6) is 0 Å². The number of anilines is 4. The third-order valence-corrected chi connectivity index (χ3v) is 7.71. The Bertz CT molecular complexity index is 2130. The van der Waals surface area contributed by atoms with Crippen LogP contribution in [0.2, 0.25) is 0 Å². The van der Waals surface area contributed by atoms with Crippen LogP contribution in [0.3, 0.4) is 0 Å². The Morgan fingerprint density at radius 2 is 1.54 bits per heavy atom. The summed E-state index contributed by atoms with van der Waals surface area (Å²) < 4.78 is 0. The van der Waals surface area contributed by atoms with Crippen LogP contribution in [0.25, 0.3) is 10.9 Å². The quantitative estimate of drug-likeness (QED) is 0.197. The maximum atomic E-state index is 13.9. The fourth-order valence-electron chi connectivity index (χ4n) is 5.45. The van der Waals surface area contributed by atoms with Crippen molar-refractivity contribution in [3.05, 3.63) is 150 Å². The zero-order valence-corrected chi connectivity index (χ0v) is 24.5. The minimum Gasteiger partial charge on any atom is -0.384 e. The summed E-state index contributed by atoms with van der Waals surface area (Å²) >= 11 is 0. The van der Waals surface area contributed by atoms with Gasteiger partial charge in [-0.25, -0.2) is 15.0 Å². The van der Waals surface area contributed by atoms with Crippen molar-refractivity contribution in [2.24, 2.45) is 0 Å². The zero-order chi connectivity index (χ0) is 31.5. The zero-order valence-electron chi connectivity index (χ0n) is 24.5. The first-order valence-corrected chi connectivity index (χ1v) is 14.6. The largest absolute Gasteiger partial charge is 0.384 e. The van der Waals surface area contributed by atoms with Crippen molar-refractivity contribution >= 4 is 45.7 Å².